The molecule has 2 rings (SSSR count). The molecule has 96 valence electrons. The molecule has 0 saturated heterocycles. The third-order valence-electron chi connectivity index (χ3n) is 3.13. The normalized spacial score (nSPS) is 27.2. The Labute approximate surface area is 103 Å². The van der Waals surface area contributed by atoms with E-state index >= 15 is 0 Å². The Morgan fingerprint density at radius 1 is 1.17 bits per heavy atom. The highest BCUT2D eigenvalue weighted by Crippen LogP contribution is 2.35. The summed E-state index contributed by atoms with van der Waals surface area (Å²) in [6.45, 7) is 0. The Kier molecular flexibility index (Phi) is 3.55. The van der Waals surface area contributed by atoms with Crippen LogP contribution in [0.1, 0.15) is 12.8 Å². The second kappa shape index (κ2) is 4.96. The van der Waals surface area contributed by atoms with Gasteiger partial charge in [0.15, 0.2) is 5.78 Å². The van der Waals surface area contributed by atoms with Crippen LogP contribution in [0.2, 0.25) is 0 Å². The summed E-state index contributed by atoms with van der Waals surface area (Å²) in [5.41, 5.74) is 0.268. The van der Waals surface area contributed by atoms with Gasteiger partial charge in [0.2, 0.25) is 0 Å². The van der Waals surface area contributed by atoms with Gasteiger partial charge in [-0.05, 0) is 18.4 Å². The van der Waals surface area contributed by atoms with Crippen molar-refractivity contribution in [3.8, 4) is 0 Å². The van der Waals surface area contributed by atoms with Gasteiger partial charge in [-0.15, -0.1) is 0 Å². The van der Waals surface area contributed by atoms with Crippen molar-refractivity contribution in [2.75, 3.05) is 0 Å². The number of allylic oxidation sites excluding steroid dienone is 8. The number of halogens is 3. The highest BCUT2D eigenvalue weighted by atomic mass is 19.4. The maximum Gasteiger partial charge on any atom is 0.395 e. The molecule has 0 amide bonds. The van der Waals surface area contributed by atoms with Gasteiger partial charge >= 0.3 is 6.18 Å². The SMILES string of the molecule is O=C(C1=CC=CC(C(F)(F)F)C1)C1C=CC=CC1. The number of hydrogen-bond donors (Lipinski definition) is 0. The van der Waals surface area contributed by atoms with Gasteiger partial charge in [-0.25, -0.2) is 0 Å². The van der Waals surface area contributed by atoms with Crippen LogP contribution >= 0.6 is 0 Å². The first kappa shape index (κ1) is 12.9. The number of carbonyl (C=O) groups is 1. The Morgan fingerprint density at radius 2 is 1.94 bits per heavy atom. The fourth-order valence-electron chi connectivity index (χ4n) is 2.10. The Morgan fingerprint density at radius 3 is 2.56 bits per heavy atom. The van der Waals surface area contributed by atoms with Gasteiger partial charge < -0.3 is 0 Å². The van der Waals surface area contributed by atoms with Crippen LogP contribution in [-0.2, 0) is 4.79 Å². The van der Waals surface area contributed by atoms with Crippen LogP contribution in [0.3, 0.4) is 0 Å². The molecule has 2 atom stereocenters. The van der Waals surface area contributed by atoms with E-state index in [1.807, 2.05) is 12.2 Å². The number of Topliss-reactive ketones (excluding diaryl/α,β-unsaturated/α-hetero) is 1. The van der Waals surface area contributed by atoms with E-state index in [4.69, 9.17) is 0 Å². The summed E-state index contributed by atoms with van der Waals surface area (Å²) in [4.78, 5) is 12.1. The summed E-state index contributed by atoms with van der Waals surface area (Å²) < 4.78 is 37.8. The molecule has 2 aliphatic carbocycles. The summed E-state index contributed by atoms with van der Waals surface area (Å²) in [5.74, 6) is -2.06. The van der Waals surface area contributed by atoms with Crippen molar-refractivity contribution in [2.45, 2.75) is 19.0 Å². The Hall–Kier alpha value is -1.58. The van der Waals surface area contributed by atoms with Crippen molar-refractivity contribution in [3.05, 3.63) is 48.1 Å². The molecule has 0 aromatic carbocycles. The van der Waals surface area contributed by atoms with E-state index in [0.717, 1.165) is 6.08 Å². The molecule has 0 aromatic heterocycles. The van der Waals surface area contributed by atoms with Gasteiger partial charge in [-0.3, -0.25) is 4.79 Å². The molecule has 0 fully saturated rings. The van der Waals surface area contributed by atoms with Gasteiger partial charge in [0.25, 0.3) is 0 Å². The molecule has 4 heteroatoms. The molecule has 0 saturated carbocycles. The highest BCUT2D eigenvalue weighted by molar-refractivity contribution is 5.99. The lowest BCUT2D eigenvalue weighted by molar-refractivity contribution is -0.161. The molecular formula is C14H13F3O. The standard InChI is InChI=1S/C14H13F3O/c15-14(16,17)12-8-4-7-11(9-12)13(18)10-5-2-1-3-6-10/h1-5,7-8,10,12H,6,9H2. The predicted octanol–water partition coefficient (Wildman–Crippen LogP) is 3.75. The molecule has 18 heavy (non-hydrogen) atoms. The third-order valence-corrected chi connectivity index (χ3v) is 3.13. The predicted molar refractivity (Wildman–Crippen MR) is 62.8 cm³/mol. The molecule has 0 bridgehead atoms. The average Bonchev–Trinajstić information content (AvgIpc) is 2.38. The third kappa shape index (κ3) is 2.81. The van der Waals surface area contributed by atoms with Gasteiger partial charge in [0, 0.05) is 5.92 Å². The largest absolute Gasteiger partial charge is 0.395 e. The van der Waals surface area contributed by atoms with Gasteiger partial charge in [-0.1, -0.05) is 42.5 Å². The van der Waals surface area contributed by atoms with Crippen molar-refractivity contribution in [3.63, 3.8) is 0 Å². The van der Waals surface area contributed by atoms with Crippen molar-refractivity contribution in [2.24, 2.45) is 11.8 Å². The number of ketones is 1. The minimum absolute atomic E-state index is 0.200. The van der Waals surface area contributed by atoms with E-state index in [2.05, 4.69) is 0 Å². The molecule has 0 aromatic rings. The summed E-state index contributed by atoms with van der Waals surface area (Å²) in [6, 6.07) is 0. The van der Waals surface area contributed by atoms with Gasteiger partial charge in [0.1, 0.15) is 0 Å². The van der Waals surface area contributed by atoms with Gasteiger partial charge in [-0.2, -0.15) is 13.2 Å². The quantitative estimate of drug-likeness (QED) is 0.733. The van der Waals surface area contributed by atoms with Crippen LogP contribution < -0.4 is 0 Å². The number of alkyl halides is 3. The Bertz CT molecular complexity index is 452. The number of rotatable bonds is 2. The van der Waals surface area contributed by atoms with E-state index in [1.54, 1.807) is 12.2 Å². The van der Waals surface area contributed by atoms with Crippen molar-refractivity contribution >= 4 is 5.78 Å². The first-order valence-electron chi connectivity index (χ1n) is 5.80. The minimum atomic E-state index is -4.28. The lowest BCUT2D eigenvalue weighted by Crippen LogP contribution is -2.26. The minimum Gasteiger partial charge on any atom is -0.294 e. The van der Waals surface area contributed by atoms with E-state index in [-0.39, 0.29) is 23.7 Å². The van der Waals surface area contributed by atoms with Crippen LogP contribution in [0.25, 0.3) is 0 Å². The van der Waals surface area contributed by atoms with Crippen LogP contribution in [-0.4, -0.2) is 12.0 Å². The molecule has 0 spiro atoms. The maximum absolute atomic E-state index is 12.6. The van der Waals surface area contributed by atoms with Crippen molar-refractivity contribution in [1.82, 2.24) is 0 Å². The first-order chi connectivity index (χ1) is 8.48. The number of carbonyl (C=O) groups excluding carboxylic acids is 1. The zero-order valence-corrected chi connectivity index (χ0v) is 9.65. The van der Waals surface area contributed by atoms with E-state index in [9.17, 15) is 18.0 Å². The van der Waals surface area contributed by atoms with Gasteiger partial charge in [0.05, 0.1) is 5.92 Å². The zero-order valence-electron chi connectivity index (χ0n) is 9.65. The molecule has 0 radical (unpaired) electrons. The van der Waals surface area contributed by atoms with Crippen LogP contribution in [0.15, 0.2) is 48.1 Å². The molecular weight excluding hydrogens is 241 g/mol. The smallest absolute Gasteiger partial charge is 0.294 e. The fourth-order valence-corrected chi connectivity index (χ4v) is 2.10. The lowest BCUT2D eigenvalue weighted by Gasteiger charge is -2.22. The van der Waals surface area contributed by atoms with Crippen LogP contribution in [0.4, 0.5) is 13.2 Å². The summed E-state index contributed by atoms with van der Waals surface area (Å²) >= 11 is 0. The van der Waals surface area contributed by atoms with E-state index < -0.39 is 12.1 Å². The monoisotopic (exact) mass is 254 g/mol. The van der Waals surface area contributed by atoms with E-state index in [1.165, 1.54) is 12.2 Å². The summed E-state index contributed by atoms with van der Waals surface area (Å²) in [7, 11) is 0. The fraction of sp³-hybridized carbons (Fsp3) is 0.357. The molecule has 2 unspecified atom stereocenters. The van der Waals surface area contributed by atoms with E-state index in [0.29, 0.717) is 6.42 Å². The zero-order chi connectivity index (χ0) is 13.2. The van der Waals surface area contributed by atoms with Crippen LogP contribution in [0, 0.1) is 11.8 Å². The highest BCUT2D eigenvalue weighted by Gasteiger charge is 2.40. The first-order valence-corrected chi connectivity index (χ1v) is 5.80. The molecule has 1 nitrogen and oxygen atoms in total. The summed E-state index contributed by atoms with van der Waals surface area (Å²) in [6.07, 6.45) is 7.15. The van der Waals surface area contributed by atoms with Crippen LogP contribution in [0.5, 0.6) is 0 Å². The van der Waals surface area contributed by atoms with Crippen molar-refractivity contribution in [1.29, 1.82) is 0 Å². The Balaban J connectivity index is 2.08. The molecule has 0 aliphatic heterocycles. The molecule has 0 N–H and O–H groups in total. The summed E-state index contributed by atoms with van der Waals surface area (Å²) in [5, 5.41) is 0. The maximum atomic E-state index is 12.6. The topological polar surface area (TPSA) is 17.1 Å². The number of hydrogen-bond acceptors (Lipinski definition) is 1. The van der Waals surface area contributed by atoms with Crippen molar-refractivity contribution < 1.29 is 18.0 Å². The lowest BCUT2D eigenvalue weighted by atomic mass is 9.85. The second-order valence-corrected chi connectivity index (χ2v) is 4.45. The molecule has 2 aliphatic rings. The molecule has 0 heterocycles. The average molecular weight is 254 g/mol. The second-order valence-electron chi connectivity index (χ2n) is 4.45.